The standard InChI is InChI=1S/C21H23NO5/c1-14(13-18(23)26-2)19(21(25)27-3)22-20(24)17-11-9-16(10-12-17)15-7-5-4-6-8-15/h4-12,14,19H,13H2,1-3H3,(H,22,24)/t14-,19+/m1/s1. The van der Waals surface area contributed by atoms with Gasteiger partial charge in [0, 0.05) is 5.56 Å². The van der Waals surface area contributed by atoms with Crippen LogP contribution in [0.2, 0.25) is 0 Å². The normalized spacial score (nSPS) is 12.6. The summed E-state index contributed by atoms with van der Waals surface area (Å²) in [6.07, 6.45) is -0.0104. The fourth-order valence-corrected chi connectivity index (χ4v) is 2.69. The summed E-state index contributed by atoms with van der Waals surface area (Å²) in [5.74, 6) is -1.96. The number of benzene rings is 2. The average molecular weight is 369 g/mol. The van der Waals surface area contributed by atoms with Crippen molar-refractivity contribution in [1.29, 1.82) is 0 Å². The van der Waals surface area contributed by atoms with Gasteiger partial charge in [-0.1, -0.05) is 49.4 Å². The van der Waals surface area contributed by atoms with Crippen molar-refractivity contribution < 1.29 is 23.9 Å². The second-order valence-corrected chi connectivity index (χ2v) is 6.18. The maximum atomic E-state index is 12.5. The van der Waals surface area contributed by atoms with Gasteiger partial charge in [0.15, 0.2) is 0 Å². The Bertz CT molecular complexity index is 786. The van der Waals surface area contributed by atoms with E-state index in [9.17, 15) is 14.4 Å². The third-order valence-electron chi connectivity index (χ3n) is 4.28. The molecular formula is C21H23NO5. The van der Waals surface area contributed by atoms with Gasteiger partial charge in [0.1, 0.15) is 6.04 Å². The summed E-state index contributed by atoms with van der Waals surface area (Å²) in [4.78, 5) is 36.1. The Balaban J connectivity index is 2.12. The number of hydrogen-bond donors (Lipinski definition) is 1. The van der Waals surface area contributed by atoms with Crippen LogP contribution in [0, 0.1) is 5.92 Å². The van der Waals surface area contributed by atoms with Gasteiger partial charge < -0.3 is 14.8 Å². The minimum absolute atomic E-state index is 0.0104. The molecule has 27 heavy (non-hydrogen) atoms. The van der Waals surface area contributed by atoms with Crippen LogP contribution in [-0.4, -0.2) is 38.1 Å². The van der Waals surface area contributed by atoms with Crippen LogP contribution in [0.4, 0.5) is 0 Å². The second-order valence-electron chi connectivity index (χ2n) is 6.18. The molecule has 0 saturated carbocycles. The van der Waals surface area contributed by atoms with Crippen molar-refractivity contribution >= 4 is 17.8 Å². The molecule has 6 heteroatoms. The topological polar surface area (TPSA) is 81.7 Å². The highest BCUT2D eigenvalue weighted by Crippen LogP contribution is 2.19. The van der Waals surface area contributed by atoms with Gasteiger partial charge in [0.2, 0.25) is 0 Å². The second kappa shape index (κ2) is 9.52. The third kappa shape index (κ3) is 5.41. The van der Waals surface area contributed by atoms with Crippen molar-refractivity contribution in [2.45, 2.75) is 19.4 Å². The quantitative estimate of drug-likeness (QED) is 0.759. The summed E-state index contributed by atoms with van der Waals surface area (Å²) < 4.78 is 9.38. The molecule has 0 spiro atoms. The molecule has 0 radical (unpaired) electrons. The number of carbonyl (C=O) groups excluding carboxylic acids is 3. The van der Waals surface area contributed by atoms with Crippen molar-refractivity contribution in [2.24, 2.45) is 5.92 Å². The highest BCUT2D eigenvalue weighted by Gasteiger charge is 2.30. The molecule has 0 aromatic heterocycles. The maximum absolute atomic E-state index is 12.5. The minimum Gasteiger partial charge on any atom is -0.469 e. The summed E-state index contributed by atoms with van der Waals surface area (Å²) >= 11 is 0. The Labute approximate surface area is 158 Å². The third-order valence-corrected chi connectivity index (χ3v) is 4.28. The molecule has 0 fully saturated rings. The lowest BCUT2D eigenvalue weighted by molar-refractivity contribution is -0.146. The van der Waals surface area contributed by atoms with Crippen molar-refractivity contribution in [3.8, 4) is 11.1 Å². The lowest BCUT2D eigenvalue weighted by Gasteiger charge is -2.22. The molecule has 0 aliphatic rings. The van der Waals surface area contributed by atoms with E-state index in [0.717, 1.165) is 11.1 Å². The van der Waals surface area contributed by atoms with Crippen LogP contribution >= 0.6 is 0 Å². The van der Waals surface area contributed by atoms with Gasteiger partial charge in [0.25, 0.3) is 5.91 Å². The number of nitrogens with one attached hydrogen (secondary N) is 1. The molecule has 2 aromatic rings. The fourth-order valence-electron chi connectivity index (χ4n) is 2.69. The van der Waals surface area contributed by atoms with Crippen LogP contribution < -0.4 is 5.32 Å². The van der Waals surface area contributed by atoms with E-state index >= 15 is 0 Å². The van der Waals surface area contributed by atoms with E-state index in [1.54, 1.807) is 19.1 Å². The molecule has 0 unspecified atom stereocenters. The highest BCUT2D eigenvalue weighted by molar-refractivity contribution is 5.97. The molecule has 2 aromatic carbocycles. The first-order chi connectivity index (χ1) is 13.0. The summed E-state index contributed by atoms with van der Waals surface area (Å²) in [6, 6.07) is 15.9. The first-order valence-electron chi connectivity index (χ1n) is 8.57. The number of carbonyl (C=O) groups is 3. The Morgan fingerprint density at radius 2 is 1.48 bits per heavy atom. The zero-order chi connectivity index (χ0) is 19.8. The summed E-state index contributed by atoms with van der Waals surface area (Å²) in [6.45, 7) is 1.68. The van der Waals surface area contributed by atoms with Gasteiger partial charge in [-0.25, -0.2) is 4.79 Å². The summed E-state index contributed by atoms with van der Waals surface area (Å²) in [5, 5.41) is 2.65. The Kier molecular flexibility index (Phi) is 7.11. The number of esters is 2. The number of hydrogen-bond acceptors (Lipinski definition) is 5. The van der Waals surface area contributed by atoms with Crippen LogP contribution in [0.5, 0.6) is 0 Å². The van der Waals surface area contributed by atoms with E-state index in [0.29, 0.717) is 5.56 Å². The lowest BCUT2D eigenvalue weighted by atomic mass is 9.97. The first-order valence-corrected chi connectivity index (χ1v) is 8.57. The zero-order valence-electron chi connectivity index (χ0n) is 15.6. The van der Waals surface area contributed by atoms with Gasteiger partial charge in [-0.15, -0.1) is 0 Å². The molecule has 1 N–H and O–H groups in total. The smallest absolute Gasteiger partial charge is 0.328 e. The van der Waals surface area contributed by atoms with Gasteiger partial charge in [0.05, 0.1) is 20.6 Å². The molecule has 2 rings (SSSR count). The summed E-state index contributed by atoms with van der Waals surface area (Å²) in [7, 11) is 2.51. The monoisotopic (exact) mass is 369 g/mol. The molecule has 0 bridgehead atoms. The van der Waals surface area contributed by atoms with E-state index in [-0.39, 0.29) is 6.42 Å². The van der Waals surface area contributed by atoms with Crippen molar-refractivity contribution in [3.63, 3.8) is 0 Å². The SMILES string of the molecule is COC(=O)C[C@@H](C)[C@H](NC(=O)c1ccc(-c2ccccc2)cc1)C(=O)OC. The number of amides is 1. The Morgan fingerprint density at radius 1 is 0.889 bits per heavy atom. The van der Waals surface area contributed by atoms with E-state index in [1.165, 1.54) is 14.2 Å². The Morgan fingerprint density at radius 3 is 2.04 bits per heavy atom. The van der Waals surface area contributed by atoms with Crippen molar-refractivity contribution in [1.82, 2.24) is 5.32 Å². The highest BCUT2D eigenvalue weighted by atomic mass is 16.5. The molecule has 0 heterocycles. The minimum atomic E-state index is -0.949. The molecule has 0 aliphatic heterocycles. The lowest BCUT2D eigenvalue weighted by Crippen LogP contribution is -2.46. The predicted molar refractivity (Wildman–Crippen MR) is 101 cm³/mol. The van der Waals surface area contributed by atoms with Crippen LogP contribution in [0.25, 0.3) is 11.1 Å². The van der Waals surface area contributed by atoms with E-state index < -0.39 is 29.8 Å². The molecular weight excluding hydrogens is 346 g/mol. The number of rotatable bonds is 7. The van der Waals surface area contributed by atoms with Crippen molar-refractivity contribution in [2.75, 3.05) is 14.2 Å². The number of methoxy groups -OCH3 is 2. The van der Waals surface area contributed by atoms with Crippen LogP contribution in [0.15, 0.2) is 54.6 Å². The van der Waals surface area contributed by atoms with Crippen LogP contribution in [0.1, 0.15) is 23.7 Å². The fraction of sp³-hybridized carbons (Fsp3) is 0.286. The average Bonchev–Trinajstić information content (AvgIpc) is 2.71. The molecule has 6 nitrogen and oxygen atoms in total. The number of ether oxygens (including phenoxy) is 2. The molecule has 1 amide bonds. The molecule has 142 valence electrons. The molecule has 0 saturated heterocycles. The van der Waals surface area contributed by atoms with Crippen LogP contribution in [-0.2, 0) is 19.1 Å². The molecule has 2 atom stereocenters. The predicted octanol–water partition coefficient (Wildman–Crippen LogP) is 2.82. The zero-order valence-corrected chi connectivity index (χ0v) is 15.6. The maximum Gasteiger partial charge on any atom is 0.328 e. The van der Waals surface area contributed by atoms with Crippen LogP contribution in [0.3, 0.4) is 0 Å². The van der Waals surface area contributed by atoms with Gasteiger partial charge in [-0.3, -0.25) is 9.59 Å². The van der Waals surface area contributed by atoms with Gasteiger partial charge >= 0.3 is 11.9 Å². The van der Waals surface area contributed by atoms with E-state index in [1.807, 2.05) is 42.5 Å². The van der Waals surface area contributed by atoms with Gasteiger partial charge in [-0.2, -0.15) is 0 Å². The largest absolute Gasteiger partial charge is 0.469 e. The Hall–Kier alpha value is -3.15. The van der Waals surface area contributed by atoms with Crippen molar-refractivity contribution in [3.05, 3.63) is 60.2 Å². The van der Waals surface area contributed by atoms with Gasteiger partial charge in [-0.05, 0) is 29.2 Å². The van der Waals surface area contributed by atoms with E-state index in [2.05, 4.69) is 10.1 Å². The molecule has 0 aliphatic carbocycles. The van der Waals surface area contributed by atoms with E-state index in [4.69, 9.17) is 4.74 Å². The first kappa shape index (κ1) is 20.2. The summed E-state index contributed by atoms with van der Waals surface area (Å²) in [5.41, 5.74) is 2.44.